The van der Waals surface area contributed by atoms with Gasteiger partial charge < -0.3 is 9.72 Å². The molecule has 1 aliphatic heterocycles. The Kier molecular flexibility index (Phi) is 3.57. The first-order valence-corrected chi connectivity index (χ1v) is 9.03. The first-order valence-electron chi connectivity index (χ1n) is 9.03. The van der Waals surface area contributed by atoms with E-state index in [1.54, 1.807) is 0 Å². The van der Waals surface area contributed by atoms with Crippen LogP contribution in [0.25, 0.3) is 11.3 Å². The van der Waals surface area contributed by atoms with E-state index in [4.69, 9.17) is 4.98 Å². The van der Waals surface area contributed by atoms with Crippen LogP contribution in [-0.4, -0.2) is 25.1 Å². The molecule has 1 N–H and O–H groups in total. The molecular weight excluding hydrogens is 338 g/mol. The molecule has 0 radical (unpaired) electrons. The molecule has 1 amide bonds. The first kappa shape index (κ1) is 15.8. The number of aryl methyl sites for hydroxylation is 1. The SMILES string of the molecule is Cc1cccc(-n2cc([C@H]3CC(=O)NCc4nc5ccccn5c43)cn2)c1. The van der Waals surface area contributed by atoms with Crippen molar-refractivity contribution in [3.05, 3.63) is 83.6 Å². The van der Waals surface area contributed by atoms with Gasteiger partial charge in [-0.2, -0.15) is 5.10 Å². The molecule has 0 fully saturated rings. The molecule has 5 rings (SSSR count). The highest BCUT2D eigenvalue weighted by Crippen LogP contribution is 2.33. The van der Waals surface area contributed by atoms with Crippen molar-refractivity contribution >= 4 is 11.6 Å². The summed E-state index contributed by atoms with van der Waals surface area (Å²) < 4.78 is 3.96. The second kappa shape index (κ2) is 6.09. The number of fused-ring (bicyclic) bond motifs is 3. The number of benzene rings is 1. The lowest BCUT2D eigenvalue weighted by atomic mass is 9.94. The van der Waals surface area contributed by atoms with Gasteiger partial charge in [-0.1, -0.05) is 18.2 Å². The topological polar surface area (TPSA) is 64.2 Å². The van der Waals surface area contributed by atoms with E-state index in [2.05, 4.69) is 33.9 Å². The maximum atomic E-state index is 12.3. The Morgan fingerprint density at radius 2 is 2.11 bits per heavy atom. The molecule has 0 bridgehead atoms. The predicted octanol–water partition coefficient (Wildman–Crippen LogP) is 2.98. The van der Waals surface area contributed by atoms with Crippen molar-refractivity contribution < 1.29 is 4.79 Å². The van der Waals surface area contributed by atoms with E-state index in [0.717, 1.165) is 28.3 Å². The Morgan fingerprint density at radius 3 is 3.00 bits per heavy atom. The molecule has 3 aromatic heterocycles. The number of amides is 1. The van der Waals surface area contributed by atoms with Crippen LogP contribution in [0.5, 0.6) is 0 Å². The summed E-state index contributed by atoms with van der Waals surface area (Å²) in [6.07, 6.45) is 6.27. The first-order chi connectivity index (χ1) is 13.2. The lowest BCUT2D eigenvalue weighted by Crippen LogP contribution is -2.21. The summed E-state index contributed by atoms with van der Waals surface area (Å²) >= 11 is 0. The highest BCUT2D eigenvalue weighted by Gasteiger charge is 2.29. The van der Waals surface area contributed by atoms with Gasteiger partial charge in [-0.25, -0.2) is 9.67 Å². The molecule has 4 heterocycles. The number of imidazole rings is 1. The summed E-state index contributed by atoms with van der Waals surface area (Å²) in [6.45, 7) is 2.52. The zero-order chi connectivity index (χ0) is 18.4. The van der Waals surface area contributed by atoms with Gasteiger partial charge in [-0.05, 0) is 36.8 Å². The monoisotopic (exact) mass is 357 g/mol. The van der Waals surface area contributed by atoms with Crippen LogP contribution in [-0.2, 0) is 11.3 Å². The maximum Gasteiger partial charge on any atom is 0.221 e. The quantitative estimate of drug-likeness (QED) is 0.600. The van der Waals surface area contributed by atoms with Gasteiger partial charge in [-0.15, -0.1) is 0 Å². The molecule has 0 unspecified atom stereocenters. The molecule has 0 aliphatic carbocycles. The van der Waals surface area contributed by atoms with Crippen molar-refractivity contribution in [2.24, 2.45) is 0 Å². The van der Waals surface area contributed by atoms with Crippen molar-refractivity contribution in [2.45, 2.75) is 25.8 Å². The number of hydrogen-bond donors (Lipinski definition) is 1. The van der Waals surface area contributed by atoms with Crippen LogP contribution in [0.3, 0.4) is 0 Å². The van der Waals surface area contributed by atoms with Gasteiger partial charge >= 0.3 is 0 Å². The summed E-state index contributed by atoms with van der Waals surface area (Å²) in [5.41, 5.74) is 6.09. The molecule has 6 heteroatoms. The second-order valence-electron chi connectivity index (χ2n) is 6.96. The van der Waals surface area contributed by atoms with Crippen molar-refractivity contribution in [3.63, 3.8) is 0 Å². The molecule has 1 aliphatic rings. The van der Waals surface area contributed by atoms with Crippen molar-refractivity contribution in [1.82, 2.24) is 24.5 Å². The summed E-state index contributed by atoms with van der Waals surface area (Å²) in [6, 6.07) is 14.2. The van der Waals surface area contributed by atoms with E-state index >= 15 is 0 Å². The Labute approximate surface area is 156 Å². The molecule has 4 aromatic rings. The van der Waals surface area contributed by atoms with E-state index < -0.39 is 0 Å². The summed E-state index contributed by atoms with van der Waals surface area (Å²) in [5, 5.41) is 7.52. The fourth-order valence-electron chi connectivity index (χ4n) is 3.80. The number of carbonyl (C=O) groups excluding carboxylic acids is 1. The number of rotatable bonds is 2. The molecule has 1 atom stereocenters. The highest BCUT2D eigenvalue weighted by atomic mass is 16.1. The number of carbonyl (C=O) groups is 1. The molecular formula is C21H19N5O. The Morgan fingerprint density at radius 1 is 1.19 bits per heavy atom. The molecule has 0 spiro atoms. The molecule has 0 saturated carbocycles. The van der Waals surface area contributed by atoms with Gasteiger partial charge in [0.2, 0.25) is 5.91 Å². The molecule has 0 saturated heterocycles. The standard InChI is InChI=1S/C21H19N5O/c1-14-5-4-6-16(9-14)26-13-15(11-23-26)17-10-20(27)22-12-18-21(17)25-8-3-2-7-19(25)24-18/h2-9,11,13,17H,10,12H2,1H3,(H,22,27)/t17-/m1/s1. The number of pyridine rings is 1. The molecule has 27 heavy (non-hydrogen) atoms. The van der Waals surface area contributed by atoms with Crippen molar-refractivity contribution in [2.75, 3.05) is 0 Å². The van der Waals surface area contributed by atoms with Crippen molar-refractivity contribution in [1.29, 1.82) is 0 Å². The van der Waals surface area contributed by atoms with E-state index in [0.29, 0.717) is 13.0 Å². The van der Waals surface area contributed by atoms with Crippen molar-refractivity contribution in [3.8, 4) is 5.69 Å². The number of nitrogens with one attached hydrogen (secondary N) is 1. The highest BCUT2D eigenvalue weighted by molar-refractivity contribution is 5.78. The lowest BCUT2D eigenvalue weighted by molar-refractivity contribution is -0.121. The minimum absolute atomic E-state index is 0.0333. The third-order valence-corrected chi connectivity index (χ3v) is 5.09. The minimum Gasteiger partial charge on any atom is -0.350 e. The van der Waals surface area contributed by atoms with E-state index in [-0.39, 0.29) is 11.8 Å². The van der Waals surface area contributed by atoms with Gasteiger partial charge in [0, 0.05) is 30.3 Å². The zero-order valence-electron chi connectivity index (χ0n) is 15.0. The number of aromatic nitrogens is 4. The van der Waals surface area contributed by atoms with Gasteiger partial charge in [0.15, 0.2) is 0 Å². The maximum absolute atomic E-state index is 12.3. The van der Waals surface area contributed by atoms with Crippen LogP contribution >= 0.6 is 0 Å². The van der Waals surface area contributed by atoms with E-state index in [1.165, 1.54) is 5.56 Å². The number of nitrogens with zero attached hydrogens (tertiary/aromatic N) is 4. The van der Waals surface area contributed by atoms with Crippen LogP contribution in [0, 0.1) is 6.92 Å². The molecule has 1 aromatic carbocycles. The smallest absolute Gasteiger partial charge is 0.221 e. The predicted molar refractivity (Wildman–Crippen MR) is 102 cm³/mol. The largest absolute Gasteiger partial charge is 0.350 e. The fourth-order valence-corrected chi connectivity index (χ4v) is 3.80. The van der Waals surface area contributed by atoms with Crippen LogP contribution in [0.2, 0.25) is 0 Å². The van der Waals surface area contributed by atoms with Crippen LogP contribution in [0.15, 0.2) is 61.1 Å². The summed E-state index contributed by atoms with van der Waals surface area (Å²) in [7, 11) is 0. The third-order valence-electron chi connectivity index (χ3n) is 5.09. The average molecular weight is 357 g/mol. The normalized spacial score (nSPS) is 16.8. The Balaban J connectivity index is 1.63. The van der Waals surface area contributed by atoms with Gasteiger partial charge in [0.25, 0.3) is 0 Å². The van der Waals surface area contributed by atoms with Crippen LogP contribution < -0.4 is 5.32 Å². The van der Waals surface area contributed by atoms with E-state index in [1.807, 2.05) is 53.6 Å². The third kappa shape index (κ3) is 2.70. The molecule has 6 nitrogen and oxygen atoms in total. The Hall–Kier alpha value is -3.41. The Bertz CT molecular complexity index is 1160. The van der Waals surface area contributed by atoms with Gasteiger partial charge in [0.05, 0.1) is 29.8 Å². The van der Waals surface area contributed by atoms with Crippen LogP contribution in [0.4, 0.5) is 0 Å². The number of hydrogen-bond acceptors (Lipinski definition) is 3. The van der Waals surface area contributed by atoms with Gasteiger partial charge in [-0.3, -0.25) is 4.79 Å². The molecule has 134 valence electrons. The lowest BCUT2D eigenvalue weighted by Gasteiger charge is -2.13. The summed E-state index contributed by atoms with van der Waals surface area (Å²) in [5.74, 6) is -0.0514. The van der Waals surface area contributed by atoms with Gasteiger partial charge in [0.1, 0.15) is 5.65 Å². The zero-order valence-corrected chi connectivity index (χ0v) is 15.0. The second-order valence-corrected chi connectivity index (χ2v) is 6.96. The average Bonchev–Trinajstić information content (AvgIpc) is 3.26. The van der Waals surface area contributed by atoms with Crippen LogP contribution in [0.1, 0.15) is 34.9 Å². The minimum atomic E-state index is -0.0848. The van der Waals surface area contributed by atoms with E-state index in [9.17, 15) is 4.79 Å². The fraction of sp³-hybridized carbons (Fsp3) is 0.190. The summed E-state index contributed by atoms with van der Waals surface area (Å²) in [4.78, 5) is 17.0.